The number of amides is 1. The molecule has 1 aromatic heterocycles. The smallest absolute Gasteiger partial charge is 0.262 e. The van der Waals surface area contributed by atoms with Crippen LogP contribution in [0.2, 0.25) is 0 Å². The minimum Gasteiger partial charge on any atom is -0.483 e. The predicted molar refractivity (Wildman–Crippen MR) is 79.0 cm³/mol. The van der Waals surface area contributed by atoms with Crippen LogP contribution in [0.5, 0.6) is 5.75 Å². The van der Waals surface area contributed by atoms with Gasteiger partial charge in [0.2, 0.25) is 0 Å². The van der Waals surface area contributed by atoms with E-state index in [-0.39, 0.29) is 12.5 Å². The second-order valence-corrected chi connectivity index (χ2v) is 4.79. The molecule has 0 atom stereocenters. The van der Waals surface area contributed by atoms with Gasteiger partial charge in [-0.25, -0.2) is 0 Å². The number of rotatable bonds is 4. The molecule has 4 heteroatoms. The second kappa shape index (κ2) is 6.19. The number of hydrogen-bond donors (Lipinski definition) is 1. The molecule has 1 amide bonds. The molecule has 1 aromatic carbocycles. The zero-order valence-electron chi connectivity index (χ0n) is 11.9. The maximum atomic E-state index is 11.8. The van der Waals surface area contributed by atoms with Gasteiger partial charge >= 0.3 is 0 Å². The van der Waals surface area contributed by atoms with Crippen LogP contribution in [-0.4, -0.2) is 17.5 Å². The number of benzene rings is 1. The van der Waals surface area contributed by atoms with E-state index < -0.39 is 0 Å². The summed E-state index contributed by atoms with van der Waals surface area (Å²) in [6, 6.07) is 9.53. The summed E-state index contributed by atoms with van der Waals surface area (Å²) in [4.78, 5) is 15.9. The number of pyridine rings is 1. The van der Waals surface area contributed by atoms with Crippen LogP contribution in [0.1, 0.15) is 16.8 Å². The highest BCUT2D eigenvalue weighted by atomic mass is 16.5. The van der Waals surface area contributed by atoms with Crippen molar-refractivity contribution in [3.05, 3.63) is 53.3 Å². The molecule has 104 valence electrons. The highest BCUT2D eigenvalue weighted by molar-refractivity contribution is 5.91. The van der Waals surface area contributed by atoms with Crippen LogP contribution in [-0.2, 0) is 4.79 Å². The third-order valence-corrected chi connectivity index (χ3v) is 2.88. The first-order chi connectivity index (χ1) is 9.54. The predicted octanol–water partition coefficient (Wildman–Crippen LogP) is 3.02. The summed E-state index contributed by atoms with van der Waals surface area (Å²) < 4.78 is 5.52. The maximum Gasteiger partial charge on any atom is 0.262 e. The van der Waals surface area contributed by atoms with Crippen molar-refractivity contribution in [2.24, 2.45) is 0 Å². The van der Waals surface area contributed by atoms with E-state index >= 15 is 0 Å². The molecule has 20 heavy (non-hydrogen) atoms. The summed E-state index contributed by atoms with van der Waals surface area (Å²) in [5, 5.41) is 2.74. The number of ether oxygens (including phenoxy) is 1. The van der Waals surface area contributed by atoms with Gasteiger partial charge in [-0.2, -0.15) is 0 Å². The van der Waals surface area contributed by atoms with Gasteiger partial charge in [0.15, 0.2) is 6.61 Å². The van der Waals surface area contributed by atoms with E-state index in [9.17, 15) is 4.79 Å². The molecule has 1 heterocycles. The number of aryl methyl sites for hydroxylation is 3. The molecule has 0 unspecified atom stereocenters. The topological polar surface area (TPSA) is 51.2 Å². The molecule has 4 nitrogen and oxygen atoms in total. The summed E-state index contributed by atoms with van der Waals surface area (Å²) in [5.74, 6) is 0.531. The summed E-state index contributed by atoms with van der Waals surface area (Å²) in [6.07, 6.45) is 1.63. The molecule has 0 fully saturated rings. The van der Waals surface area contributed by atoms with Crippen molar-refractivity contribution < 1.29 is 9.53 Å². The molecule has 0 bridgehead atoms. The first kappa shape index (κ1) is 14.1. The zero-order valence-corrected chi connectivity index (χ0v) is 11.9. The van der Waals surface area contributed by atoms with Crippen molar-refractivity contribution in [3.8, 4) is 5.75 Å². The van der Waals surface area contributed by atoms with Crippen molar-refractivity contribution in [1.82, 2.24) is 4.98 Å². The molecule has 0 saturated heterocycles. The minimum atomic E-state index is -0.198. The van der Waals surface area contributed by atoms with Crippen LogP contribution < -0.4 is 10.1 Å². The SMILES string of the molecule is Cc1ccc(OCC(=O)Nc2ccc(C)nc2)c(C)c1. The fourth-order valence-corrected chi connectivity index (χ4v) is 1.84. The summed E-state index contributed by atoms with van der Waals surface area (Å²) in [6.45, 7) is 5.87. The molecule has 2 aromatic rings. The standard InChI is InChI=1S/C16H18N2O2/c1-11-4-7-15(12(2)8-11)20-10-16(19)18-14-6-5-13(3)17-9-14/h4-9H,10H2,1-3H3,(H,18,19). The Labute approximate surface area is 118 Å². The molecule has 0 spiro atoms. The monoisotopic (exact) mass is 270 g/mol. The first-order valence-corrected chi connectivity index (χ1v) is 6.47. The Kier molecular flexibility index (Phi) is 4.35. The zero-order chi connectivity index (χ0) is 14.5. The van der Waals surface area contributed by atoms with Crippen molar-refractivity contribution in [2.75, 3.05) is 11.9 Å². The van der Waals surface area contributed by atoms with Crippen LogP contribution in [0.15, 0.2) is 36.5 Å². The lowest BCUT2D eigenvalue weighted by Crippen LogP contribution is -2.20. The van der Waals surface area contributed by atoms with E-state index in [1.54, 1.807) is 6.20 Å². The van der Waals surface area contributed by atoms with Gasteiger partial charge < -0.3 is 10.1 Å². The quantitative estimate of drug-likeness (QED) is 0.929. The van der Waals surface area contributed by atoms with Gasteiger partial charge in [0, 0.05) is 5.69 Å². The van der Waals surface area contributed by atoms with Crippen LogP contribution in [0.25, 0.3) is 0 Å². The van der Waals surface area contributed by atoms with Crippen LogP contribution in [0.3, 0.4) is 0 Å². The van der Waals surface area contributed by atoms with Gasteiger partial charge in [-0.3, -0.25) is 9.78 Å². The molecule has 0 aliphatic heterocycles. The Morgan fingerprint density at radius 1 is 1.20 bits per heavy atom. The van der Waals surface area contributed by atoms with E-state index in [0.717, 1.165) is 17.0 Å². The van der Waals surface area contributed by atoms with Crippen LogP contribution in [0, 0.1) is 20.8 Å². The van der Waals surface area contributed by atoms with Crippen LogP contribution >= 0.6 is 0 Å². The van der Waals surface area contributed by atoms with Crippen molar-refractivity contribution in [3.63, 3.8) is 0 Å². The minimum absolute atomic E-state index is 0.0161. The van der Waals surface area contributed by atoms with Crippen molar-refractivity contribution >= 4 is 11.6 Å². The van der Waals surface area contributed by atoms with E-state index in [2.05, 4.69) is 10.3 Å². The van der Waals surface area contributed by atoms with Gasteiger partial charge in [-0.1, -0.05) is 17.7 Å². The highest BCUT2D eigenvalue weighted by Gasteiger charge is 2.05. The summed E-state index contributed by atoms with van der Waals surface area (Å²) in [7, 11) is 0. The molecule has 0 saturated carbocycles. The number of anilines is 1. The number of carbonyl (C=O) groups excluding carboxylic acids is 1. The van der Waals surface area contributed by atoms with Gasteiger partial charge in [-0.15, -0.1) is 0 Å². The normalized spacial score (nSPS) is 10.2. The largest absolute Gasteiger partial charge is 0.483 e. The van der Waals surface area contributed by atoms with E-state index in [1.165, 1.54) is 5.56 Å². The van der Waals surface area contributed by atoms with E-state index in [0.29, 0.717) is 5.69 Å². The maximum absolute atomic E-state index is 11.8. The van der Waals surface area contributed by atoms with Gasteiger partial charge in [0.25, 0.3) is 5.91 Å². The number of nitrogens with one attached hydrogen (secondary N) is 1. The molecule has 1 N–H and O–H groups in total. The average Bonchev–Trinajstić information content (AvgIpc) is 2.40. The van der Waals surface area contributed by atoms with Crippen LogP contribution in [0.4, 0.5) is 5.69 Å². The fraction of sp³-hybridized carbons (Fsp3) is 0.250. The number of aromatic nitrogens is 1. The van der Waals surface area contributed by atoms with Gasteiger partial charge in [0.1, 0.15) is 5.75 Å². The second-order valence-electron chi connectivity index (χ2n) is 4.79. The number of nitrogens with zero attached hydrogens (tertiary/aromatic N) is 1. The molecular weight excluding hydrogens is 252 g/mol. The lowest BCUT2D eigenvalue weighted by atomic mass is 10.1. The Hall–Kier alpha value is -2.36. The lowest BCUT2D eigenvalue weighted by molar-refractivity contribution is -0.118. The first-order valence-electron chi connectivity index (χ1n) is 6.47. The molecule has 2 rings (SSSR count). The Morgan fingerprint density at radius 2 is 2.00 bits per heavy atom. The Bertz CT molecular complexity index is 606. The van der Waals surface area contributed by atoms with Gasteiger partial charge in [-0.05, 0) is 44.5 Å². The molecule has 0 aliphatic carbocycles. The average molecular weight is 270 g/mol. The molecule has 0 aliphatic rings. The molecular formula is C16H18N2O2. The highest BCUT2D eigenvalue weighted by Crippen LogP contribution is 2.18. The van der Waals surface area contributed by atoms with Crippen molar-refractivity contribution in [1.29, 1.82) is 0 Å². The fourth-order valence-electron chi connectivity index (χ4n) is 1.84. The Balaban J connectivity index is 1.90. The summed E-state index contributed by atoms with van der Waals surface area (Å²) >= 11 is 0. The number of carbonyl (C=O) groups is 1. The van der Waals surface area contributed by atoms with Crippen molar-refractivity contribution in [2.45, 2.75) is 20.8 Å². The van der Waals surface area contributed by atoms with E-state index in [4.69, 9.17) is 4.74 Å². The number of hydrogen-bond acceptors (Lipinski definition) is 3. The van der Waals surface area contributed by atoms with E-state index in [1.807, 2.05) is 51.1 Å². The lowest BCUT2D eigenvalue weighted by Gasteiger charge is -2.10. The third-order valence-electron chi connectivity index (χ3n) is 2.88. The third kappa shape index (κ3) is 3.82. The van der Waals surface area contributed by atoms with Gasteiger partial charge in [0.05, 0.1) is 11.9 Å². The molecule has 0 radical (unpaired) electrons. The summed E-state index contributed by atoms with van der Waals surface area (Å²) in [5.41, 5.74) is 3.78. The Morgan fingerprint density at radius 3 is 2.65 bits per heavy atom.